The highest BCUT2D eigenvalue weighted by Gasteiger charge is 2.22. The van der Waals surface area contributed by atoms with Crippen LogP contribution in [0.3, 0.4) is 0 Å². The van der Waals surface area contributed by atoms with Crippen LogP contribution in [-0.4, -0.2) is 24.0 Å². The van der Waals surface area contributed by atoms with Gasteiger partial charge in [-0.3, -0.25) is 9.78 Å². The number of nitrogens with zero attached hydrogens (tertiary/aromatic N) is 1. The SMILES string of the molecule is O=C(Nc1ccc(Oc2cccnc2)cc1)c1ccccc1[C@H]1CCNC1. The predicted octanol–water partition coefficient (Wildman–Crippen LogP) is 4.20. The van der Waals surface area contributed by atoms with E-state index < -0.39 is 0 Å². The lowest BCUT2D eigenvalue weighted by molar-refractivity contribution is 0.102. The molecule has 27 heavy (non-hydrogen) atoms. The van der Waals surface area contributed by atoms with Crippen molar-refractivity contribution in [3.05, 3.63) is 84.2 Å². The fourth-order valence-electron chi connectivity index (χ4n) is 3.33. The minimum Gasteiger partial charge on any atom is -0.456 e. The number of anilines is 1. The van der Waals surface area contributed by atoms with Gasteiger partial charge in [0.15, 0.2) is 0 Å². The molecule has 5 nitrogen and oxygen atoms in total. The molecule has 2 heterocycles. The molecule has 1 amide bonds. The van der Waals surface area contributed by atoms with Crippen LogP contribution < -0.4 is 15.4 Å². The van der Waals surface area contributed by atoms with Gasteiger partial charge in [-0.1, -0.05) is 18.2 Å². The zero-order valence-electron chi connectivity index (χ0n) is 14.9. The molecule has 2 aromatic carbocycles. The van der Waals surface area contributed by atoms with E-state index in [4.69, 9.17) is 4.74 Å². The minimum atomic E-state index is -0.0848. The van der Waals surface area contributed by atoms with Crippen molar-refractivity contribution in [2.75, 3.05) is 18.4 Å². The largest absolute Gasteiger partial charge is 0.456 e. The van der Waals surface area contributed by atoms with Crippen molar-refractivity contribution in [3.8, 4) is 11.5 Å². The summed E-state index contributed by atoms with van der Waals surface area (Å²) >= 11 is 0. The maximum atomic E-state index is 12.8. The van der Waals surface area contributed by atoms with E-state index in [0.29, 0.717) is 17.4 Å². The summed E-state index contributed by atoms with van der Waals surface area (Å²) in [6, 6.07) is 18.8. The first kappa shape index (κ1) is 17.2. The first-order valence-electron chi connectivity index (χ1n) is 9.08. The molecule has 3 aromatic rings. The Labute approximate surface area is 158 Å². The van der Waals surface area contributed by atoms with E-state index in [1.165, 1.54) is 0 Å². The smallest absolute Gasteiger partial charge is 0.255 e. The van der Waals surface area contributed by atoms with Crippen molar-refractivity contribution < 1.29 is 9.53 Å². The molecule has 1 aliphatic rings. The van der Waals surface area contributed by atoms with Crippen LogP contribution in [0.4, 0.5) is 5.69 Å². The third-order valence-corrected chi connectivity index (χ3v) is 4.69. The summed E-state index contributed by atoms with van der Waals surface area (Å²) in [7, 11) is 0. The van der Waals surface area contributed by atoms with E-state index in [1.54, 1.807) is 12.4 Å². The maximum absolute atomic E-state index is 12.8. The number of carbonyl (C=O) groups is 1. The summed E-state index contributed by atoms with van der Waals surface area (Å²) < 4.78 is 5.73. The summed E-state index contributed by atoms with van der Waals surface area (Å²) in [6.07, 6.45) is 4.42. The van der Waals surface area contributed by atoms with Crippen LogP contribution in [0.5, 0.6) is 11.5 Å². The highest BCUT2D eigenvalue weighted by molar-refractivity contribution is 6.05. The maximum Gasteiger partial charge on any atom is 0.255 e. The highest BCUT2D eigenvalue weighted by Crippen LogP contribution is 2.27. The van der Waals surface area contributed by atoms with Crippen molar-refractivity contribution in [2.45, 2.75) is 12.3 Å². The van der Waals surface area contributed by atoms with Crippen molar-refractivity contribution in [1.82, 2.24) is 10.3 Å². The first-order chi connectivity index (χ1) is 13.3. The van der Waals surface area contributed by atoms with Crippen LogP contribution in [0.2, 0.25) is 0 Å². The van der Waals surface area contributed by atoms with Gasteiger partial charge in [0.25, 0.3) is 5.91 Å². The molecular weight excluding hydrogens is 338 g/mol. The van der Waals surface area contributed by atoms with Crippen LogP contribution >= 0.6 is 0 Å². The topological polar surface area (TPSA) is 63.2 Å². The number of nitrogens with one attached hydrogen (secondary N) is 2. The van der Waals surface area contributed by atoms with E-state index in [-0.39, 0.29) is 5.91 Å². The summed E-state index contributed by atoms with van der Waals surface area (Å²) in [5.41, 5.74) is 2.58. The second-order valence-electron chi connectivity index (χ2n) is 6.55. The standard InChI is InChI=1S/C22H21N3O2/c26-22(21-6-2-1-5-20(21)16-11-13-24-14-16)25-17-7-9-18(10-8-17)27-19-4-3-12-23-15-19/h1-10,12,15-16,24H,11,13-14H2,(H,25,26)/t16-/m0/s1. The Morgan fingerprint density at radius 3 is 2.63 bits per heavy atom. The average molecular weight is 359 g/mol. The van der Waals surface area contributed by atoms with Crippen LogP contribution in [0.15, 0.2) is 73.1 Å². The molecule has 0 bridgehead atoms. The van der Waals surface area contributed by atoms with Crippen LogP contribution in [-0.2, 0) is 0 Å². The Balaban J connectivity index is 1.46. The summed E-state index contributed by atoms with van der Waals surface area (Å²) in [6.45, 7) is 1.92. The third-order valence-electron chi connectivity index (χ3n) is 4.69. The van der Waals surface area contributed by atoms with E-state index >= 15 is 0 Å². The fraction of sp³-hybridized carbons (Fsp3) is 0.182. The highest BCUT2D eigenvalue weighted by atomic mass is 16.5. The number of amides is 1. The van der Waals surface area contributed by atoms with Gasteiger partial charge in [0.05, 0.1) is 6.20 Å². The molecule has 0 spiro atoms. The molecule has 1 atom stereocenters. The number of benzene rings is 2. The lowest BCUT2D eigenvalue weighted by atomic mass is 9.93. The van der Waals surface area contributed by atoms with Gasteiger partial charge < -0.3 is 15.4 Å². The second kappa shape index (κ2) is 8.01. The fourth-order valence-corrected chi connectivity index (χ4v) is 3.33. The Kier molecular flexibility index (Phi) is 5.12. The summed E-state index contributed by atoms with van der Waals surface area (Å²) in [4.78, 5) is 16.8. The van der Waals surface area contributed by atoms with Crippen molar-refractivity contribution in [2.24, 2.45) is 0 Å². The molecule has 1 aliphatic heterocycles. The summed E-state index contributed by atoms with van der Waals surface area (Å²) in [5.74, 6) is 1.67. The number of rotatable bonds is 5. The zero-order valence-corrected chi connectivity index (χ0v) is 14.9. The number of hydrogen-bond donors (Lipinski definition) is 2. The Bertz CT molecular complexity index is 904. The van der Waals surface area contributed by atoms with Gasteiger partial charge in [-0.2, -0.15) is 0 Å². The van der Waals surface area contributed by atoms with Crippen molar-refractivity contribution in [3.63, 3.8) is 0 Å². The molecule has 0 radical (unpaired) electrons. The lowest BCUT2D eigenvalue weighted by Crippen LogP contribution is -2.17. The summed E-state index contributed by atoms with van der Waals surface area (Å²) in [5, 5.41) is 6.35. The normalized spacial score (nSPS) is 16.1. The molecule has 1 saturated heterocycles. The first-order valence-corrected chi connectivity index (χ1v) is 9.08. The molecule has 2 N–H and O–H groups in total. The van der Waals surface area contributed by atoms with E-state index in [2.05, 4.69) is 21.7 Å². The number of ether oxygens (including phenoxy) is 1. The molecule has 136 valence electrons. The van der Waals surface area contributed by atoms with Gasteiger partial charge in [0.2, 0.25) is 0 Å². The molecule has 0 saturated carbocycles. The van der Waals surface area contributed by atoms with Crippen LogP contribution in [0.1, 0.15) is 28.3 Å². The monoisotopic (exact) mass is 359 g/mol. The van der Waals surface area contributed by atoms with Gasteiger partial charge >= 0.3 is 0 Å². The molecule has 0 aliphatic carbocycles. The number of carbonyl (C=O) groups excluding carboxylic acids is 1. The molecule has 5 heteroatoms. The quantitative estimate of drug-likeness (QED) is 0.716. The van der Waals surface area contributed by atoms with Gasteiger partial charge in [-0.05, 0) is 66.9 Å². The van der Waals surface area contributed by atoms with Gasteiger partial charge in [0, 0.05) is 24.0 Å². The lowest BCUT2D eigenvalue weighted by Gasteiger charge is -2.15. The van der Waals surface area contributed by atoms with Crippen molar-refractivity contribution >= 4 is 11.6 Å². The Hall–Kier alpha value is -3.18. The minimum absolute atomic E-state index is 0.0848. The molecule has 1 fully saturated rings. The van der Waals surface area contributed by atoms with E-state index in [0.717, 1.165) is 36.3 Å². The number of pyridine rings is 1. The van der Waals surface area contributed by atoms with Crippen molar-refractivity contribution in [1.29, 1.82) is 0 Å². The Morgan fingerprint density at radius 2 is 1.89 bits per heavy atom. The molecule has 4 rings (SSSR count). The van der Waals surface area contributed by atoms with E-state index in [9.17, 15) is 4.79 Å². The second-order valence-corrected chi connectivity index (χ2v) is 6.55. The Morgan fingerprint density at radius 1 is 1.04 bits per heavy atom. The number of hydrogen-bond acceptors (Lipinski definition) is 4. The number of aromatic nitrogens is 1. The van der Waals surface area contributed by atoms with Gasteiger partial charge in [-0.25, -0.2) is 0 Å². The molecule has 1 aromatic heterocycles. The van der Waals surface area contributed by atoms with Crippen LogP contribution in [0.25, 0.3) is 0 Å². The molecular formula is C22H21N3O2. The van der Waals surface area contributed by atoms with Gasteiger partial charge in [0.1, 0.15) is 11.5 Å². The predicted molar refractivity (Wildman–Crippen MR) is 105 cm³/mol. The average Bonchev–Trinajstić information content (AvgIpc) is 3.25. The third kappa shape index (κ3) is 4.15. The van der Waals surface area contributed by atoms with E-state index in [1.807, 2.05) is 54.6 Å². The van der Waals surface area contributed by atoms with Crippen LogP contribution in [0, 0.1) is 0 Å². The molecule has 0 unspecified atom stereocenters. The van der Waals surface area contributed by atoms with Gasteiger partial charge in [-0.15, -0.1) is 0 Å². The zero-order chi connectivity index (χ0) is 18.5.